The van der Waals surface area contributed by atoms with E-state index in [0.717, 1.165) is 20.3 Å². The van der Waals surface area contributed by atoms with Gasteiger partial charge < -0.3 is 10.1 Å². The Bertz CT molecular complexity index is 1120. The molecule has 1 amide bonds. The SMILES string of the molecule is Cc1ccc(CC(=O)[C@H](C)NC(=O)c2ccccc2OCC(=O)Cc2ccc(I)cc2)cc1. The lowest BCUT2D eigenvalue weighted by Gasteiger charge is -2.15. The summed E-state index contributed by atoms with van der Waals surface area (Å²) in [6.45, 7) is 3.52. The number of ketones is 2. The molecule has 5 nitrogen and oxygen atoms in total. The second kappa shape index (κ2) is 11.7. The lowest BCUT2D eigenvalue weighted by atomic mass is 10.0. The summed E-state index contributed by atoms with van der Waals surface area (Å²) >= 11 is 2.21. The van der Waals surface area contributed by atoms with Crippen LogP contribution in [-0.2, 0) is 22.4 Å². The van der Waals surface area contributed by atoms with Gasteiger partial charge in [-0.05, 0) is 71.8 Å². The highest BCUT2D eigenvalue weighted by Crippen LogP contribution is 2.18. The number of Topliss-reactive ketones (excluding diaryl/α,β-unsaturated/α-hetero) is 2. The molecular weight excluding hydrogens is 529 g/mol. The molecule has 0 aromatic heterocycles. The molecule has 0 heterocycles. The van der Waals surface area contributed by atoms with Gasteiger partial charge in [-0.3, -0.25) is 14.4 Å². The van der Waals surface area contributed by atoms with E-state index in [-0.39, 0.29) is 36.6 Å². The van der Waals surface area contributed by atoms with Crippen LogP contribution in [0.5, 0.6) is 5.75 Å². The van der Waals surface area contributed by atoms with Crippen molar-refractivity contribution in [3.05, 3.63) is 98.6 Å². The maximum absolute atomic E-state index is 12.8. The number of halogens is 1. The van der Waals surface area contributed by atoms with Crippen LogP contribution < -0.4 is 10.1 Å². The standard InChI is InChI=1S/C27H26INO4/c1-18-7-9-21(10-8-18)16-25(31)19(2)29-27(32)24-5-3-4-6-26(24)33-17-23(30)15-20-11-13-22(28)14-12-20/h3-14,19H,15-17H2,1-2H3,(H,29,32)/t19-/m0/s1. The van der Waals surface area contributed by atoms with Crippen molar-refractivity contribution in [3.8, 4) is 5.75 Å². The van der Waals surface area contributed by atoms with Crippen molar-refractivity contribution in [1.82, 2.24) is 5.32 Å². The predicted octanol–water partition coefficient (Wildman–Crippen LogP) is 4.72. The largest absolute Gasteiger partial charge is 0.485 e. The third-order valence-electron chi connectivity index (χ3n) is 5.16. The molecule has 3 rings (SSSR count). The monoisotopic (exact) mass is 555 g/mol. The Labute approximate surface area is 207 Å². The van der Waals surface area contributed by atoms with E-state index < -0.39 is 11.9 Å². The number of aryl methyl sites for hydroxylation is 1. The number of carbonyl (C=O) groups is 3. The highest BCUT2D eigenvalue weighted by atomic mass is 127. The second-order valence-corrected chi connectivity index (χ2v) is 9.20. The van der Waals surface area contributed by atoms with Gasteiger partial charge in [0.2, 0.25) is 0 Å². The van der Waals surface area contributed by atoms with Crippen LogP contribution in [0.4, 0.5) is 0 Å². The average Bonchev–Trinajstić information content (AvgIpc) is 2.80. The zero-order chi connectivity index (χ0) is 23.8. The molecule has 0 spiro atoms. The maximum atomic E-state index is 12.8. The summed E-state index contributed by atoms with van der Waals surface area (Å²) in [5.74, 6) is -0.282. The van der Waals surface area contributed by atoms with Gasteiger partial charge in [0.15, 0.2) is 11.6 Å². The number of carbonyl (C=O) groups excluding carboxylic acids is 3. The molecule has 1 N–H and O–H groups in total. The van der Waals surface area contributed by atoms with E-state index in [9.17, 15) is 14.4 Å². The van der Waals surface area contributed by atoms with Gasteiger partial charge in [-0.1, -0.05) is 54.1 Å². The number of nitrogens with one attached hydrogen (secondary N) is 1. The Kier molecular flexibility index (Phi) is 8.77. The number of hydrogen-bond donors (Lipinski definition) is 1. The summed E-state index contributed by atoms with van der Waals surface area (Å²) in [6, 6.07) is 21.5. The van der Waals surface area contributed by atoms with Gasteiger partial charge in [0.25, 0.3) is 5.91 Å². The van der Waals surface area contributed by atoms with Gasteiger partial charge in [0, 0.05) is 16.4 Å². The summed E-state index contributed by atoms with van der Waals surface area (Å²) in [4.78, 5) is 37.7. The lowest BCUT2D eigenvalue weighted by molar-refractivity contribution is -0.120. The molecule has 0 aliphatic heterocycles. The summed E-state index contributed by atoms with van der Waals surface area (Å²) in [6.07, 6.45) is 0.503. The average molecular weight is 555 g/mol. The van der Waals surface area contributed by atoms with Gasteiger partial charge in [-0.2, -0.15) is 0 Å². The van der Waals surface area contributed by atoms with Gasteiger partial charge >= 0.3 is 0 Å². The van der Waals surface area contributed by atoms with Crippen LogP contribution in [0, 0.1) is 10.5 Å². The summed E-state index contributed by atoms with van der Waals surface area (Å²) in [7, 11) is 0. The van der Waals surface area contributed by atoms with Crippen molar-refractivity contribution >= 4 is 40.1 Å². The molecule has 0 saturated heterocycles. The minimum Gasteiger partial charge on any atom is -0.485 e. The first-order valence-corrected chi connectivity index (χ1v) is 11.8. The lowest BCUT2D eigenvalue weighted by Crippen LogP contribution is -2.39. The molecule has 170 valence electrons. The number of para-hydroxylation sites is 1. The Morgan fingerprint density at radius 1 is 0.879 bits per heavy atom. The molecule has 0 radical (unpaired) electrons. The van der Waals surface area contributed by atoms with Crippen LogP contribution in [0.3, 0.4) is 0 Å². The first-order chi connectivity index (χ1) is 15.8. The Morgan fingerprint density at radius 2 is 1.48 bits per heavy atom. The number of hydrogen-bond acceptors (Lipinski definition) is 4. The Balaban J connectivity index is 1.57. The van der Waals surface area contributed by atoms with E-state index in [1.807, 2.05) is 55.5 Å². The molecule has 3 aromatic carbocycles. The van der Waals surface area contributed by atoms with Gasteiger partial charge in [-0.15, -0.1) is 0 Å². The molecule has 0 unspecified atom stereocenters. The molecular formula is C27H26INO4. The van der Waals surface area contributed by atoms with E-state index in [4.69, 9.17) is 4.74 Å². The highest BCUT2D eigenvalue weighted by Gasteiger charge is 2.20. The fourth-order valence-corrected chi connectivity index (χ4v) is 3.59. The van der Waals surface area contributed by atoms with E-state index in [2.05, 4.69) is 27.9 Å². The van der Waals surface area contributed by atoms with Crippen LogP contribution in [0.15, 0.2) is 72.8 Å². The molecule has 0 saturated carbocycles. The van der Waals surface area contributed by atoms with Crippen molar-refractivity contribution < 1.29 is 19.1 Å². The van der Waals surface area contributed by atoms with Gasteiger partial charge in [0.1, 0.15) is 12.4 Å². The van der Waals surface area contributed by atoms with Gasteiger partial charge in [0.05, 0.1) is 11.6 Å². The Hall–Kier alpha value is -3.00. The molecule has 3 aromatic rings. The second-order valence-electron chi connectivity index (χ2n) is 7.95. The number of ether oxygens (including phenoxy) is 1. The number of benzene rings is 3. The normalized spacial score (nSPS) is 11.5. The van der Waals surface area contributed by atoms with Crippen molar-refractivity contribution in [2.75, 3.05) is 6.61 Å². The van der Waals surface area contributed by atoms with Crippen LogP contribution in [0.25, 0.3) is 0 Å². The van der Waals surface area contributed by atoms with Crippen LogP contribution in [0.2, 0.25) is 0 Å². The molecule has 1 atom stereocenters. The van der Waals surface area contributed by atoms with E-state index in [1.165, 1.54) is 0 Å². The van der Waals surface area contributed by atoms with Crippen molar-refractivity contribution in [3.63, 3.8) is 0 Å². The van der Waals surface area contributed by atoms with Crippen molar-refractivity contribution in [2.24, 2.45) is 0 Å². The summed E-state index contributed by atoms with van der Waals surface area (Å²) in [5.41, 5.74) is 3.23. The van der Waals surface area contributed by atoms with Gasteiger partial charge in [-0.25, -0.2) is 0 Å². The smallest absolute Gasteiger partial charge is 0.255 e. The number of amides is 1. The Morgan fingerprint density at radius 3 is 2.18 bits per heavy atom. The molecule has 0 aliphatic rings. The minimum absolute atomic E-state index is 0.0849. The van der Waals surface area contributed by atoms with E-state index in [1.54, 1.807) is 31.2 Å². The third kappa shape index (κ3) is 7.53. The van der Waals surface area contributed by atoms with Crippen LogP contribution in [0.1, 0.15) is 34.0 Å². The first kappa shape index (κ1) is 24.6. The van der Waals surface area contributed by atoms with Crippen LogP contribution >= 0.6 is 22.6 Å². The molecule has 6 heteroatoms. The highest BCUT2D eigenvalue weighted by molar-refractivity contribution is 14.1. The molecule has 0 bridgehead atoms. The fourth-order valence-electron chi connectivity index (χ4n) is 3.23. The first-order valence-electron chi connectivity index (χ1n) is 10.7. The molecule has 0 aliphatic carbocycles. The topological polar surface area (TPSA) is 72.5 Å². The maximum Gasteiger partial charge on any atom is 0.255 e. The summed E-state index contributed by atoms with van der Waals surface area (Å²) in [5, 5.41) is 2.75. The molecule has 0 fully saturated rings. The summed E-state index contributed by atoms with van der Waals surface area (Å²) < 4.78 is 6.77. The van der Waals surface area contributed by atoms with E-state index >= 15 is 0 Å². The molecule has 33 heavy (non-hydrogen) atoms. The quantitative estimate of drug-likeness (QED) is 0.368. The minimum atomic E-state index is -0.658. The van der Waals surface area contributed by atoms with Crippen molar-refractivity contribution in [1.29, 1.82) is 0 Å². The number of rotatable bonds is 10. The van der Waals surface area contributed by atoms with Crippen molar-refractivity contribution in [2.45, 2.75) is 32.7 Å². The zero-order valence-electron chi connectivity index (χ0n) is 18.6. The predicted molar refractivity (Wildman–Crippen MR) is 137 cm³/mol. The zero-order valence-corrected chi connectivity index (χ0v) is 20.8. The van der Waals surface area contributed by atoms with E-state index in [0.29, 0.717) is 5.75 Å². The van der Waals surface area contributed by atoms with Crippen LogP contribution in [-0.4, -0.2) is 30.1 Å². The fraction of sp³-hybridized carbons (Fsp3) is 0.222. The third-order valence-corrected chi connectivity index (χ3v) is 5.88.